The molecule has 0 saturated carbocycles. The van der Waals surface area contributed by atoms with Gasteiger partial charge in [-0.25, -0.2) is 0 Å². The van der Waals surface area contributed by atoms with Crippen LogP contribution in [0.4, 0.5) is 0 Å². The van der Waals surface area contributed by atoms with Crippen LogP contribution in [0.1, 0.15) is 69.2 Å². The Bertz CT molecular complexity index is 393. The van der Waals surface area contributed by atoms with Crippen molar-refractivity contribution in [1.29, 1.82) is 0 Å². The smallest absolute Gasteiger partial charge is 0.372 e. The molecule has 0 aliphatic rings. The summed E-state index contributed by atoms with van der Waals surface area (Å²) in [6.45, 7) is 22.7. The zero-order valence-electron chi connectivity index (χ0n) is 21.6. The predicted octanol–water partition coefficient (Wildman–Crippen LogP) is 5.05. The number of rotatable bonds is 21. The Morgan fingerprint density at radius 1 is 0.469 bits per heavy atom. The van der Waals surface area contributed by atoms with E-state index in [0.29, 0.717) is 39.6 Å². The molecule has 0 fully saturated rings. The van der Waals surface area contributed by atoms with Gasteiger partial charge >= 0.3 is 17.6 Å². The fourth-order valence-corrected chi connectivity index (χ4v) is 10.3. The molecule has 0 spiro atoms. The molecule has 0 amide bonds. The van der Waals surface area contributed by atoms with Crippen LogP contribution in [0.15, 0.2) is 0 Å². The fourth-order valence-electron chi connectivity index (χ4n) is 3.10. The Kier molecular flexibility index (Phi) is 18.6. The minimum absolute atomic E-state index is 0.114. The van der Waals surface area contributed by atoms with Crippen molar-refractivity contribution >= 4 is 39.2 Å². The summed E-state index contributed by atoms with van der Waals surface area (Å²) in [4.78, 5) is 0. The molecule has 0 aromatic carbocycles. The van der Waals surface area contributed by atoms with Crippen LogP contribution in [0.25, 0.3) is 0 Å². The highest BCUT2D eigenvalue weighted by Gasteiger charge is 2.50. The zero-order valence-corrected chi connectivity index (χ0v) is 25.3. The Hall–Kier alpha value is 0.814. The molecule has 4 unspecified atom stereocenters. The molecule has 0 aromatic heterocycles. The van der Waals surface area contributed by atoms with Crippen LogP contribution in [0, 0.1) is 0 Å². The van der Waals surface area contributed by atoms with Gasteiger partial charge in [0.15, 0.2) is 0 Å². The Morgan fingerprint density at radius 3 is 0.875 bits per heavy atom. The van der Waals surface area contributed by atoms with Gasteiger partial charge in [-0.3, -0.25) is 0 Å². The van der Waals surface area contributed by atoms with Crippen LogP contribution in [0.2, 0.25) is 0 Å². The van der Waals surface area contributed by atoms with Gasteiger partial charge in [0.25, 0.3) is 0 Å². The van der Waals surface area contributed by atoms with Gasteiger partial charge < -0.3 is 36.0 Å². The normalized spacial score (nSPS) is 16.7. The van der Waals surface area contributed by atoms with Crippen molar-refractivity contribution in [3.8, 4) is 0 Å². The Balaban J connectivity index is 4.90. The molecular formula is C20H46O8S2Si2. The molecule has 8 nitrogen and oxygen atoms in total. The van der Waals surface area contributed by atoms with Gasteiger partial charge in [-0.1, -0.05) is 21.6 Å². The average molecular weight is 535 g/mol. The predicted molar refractivity (Wildman–Crippen MR) is 136 cm³/mol. The molecule has 194 valence electrons. The van der Waals surface area contributed by atoms with Crippen molar-refractivity contribution < 1.29 is 36.0 Å². The quantitative estimate of drug-likeness (QED) is 0.113. The van der Waals surface area contributed by atoms with E-state index in [-0.39, 0.29) is 22.3 Å². The van der Waals surface area contributed by atoms with E-state index in [4.69, 9.17) is 36.0 Å². The third-order valence-corrected chi connectivity index (χ3v) is 13.4. The summed E-state index contributed by atoms with van der Waals surface area (Å²) in [5, 5.41) is 0. The van der Waals surface area contributed by atoms with Crippen LogP contribution in [0.5, 0.6) is 0 Å². The molecular weight excluding hydrogens is 489 g/mol. The molecule has 0 bridgehead atoms. The van der Waals surface area contributed by atoms with Gasteiger partial charge in [-0.2, -0.15) is 0 Å². The van der Waals surface area contributed by atoms with Crippen LogP contribution in [-0.4, -0.2) is 79.6 Å². The highest BCUT2D eigenvalue weighted by Crippen LogP contribution is 2.35. The average Bonchev–Trinajstić information content (AvgIpc) is 2.73. The van der Waals surface area contributed by atoms with Gasteiger partial charge in [0.2, 0.25) is 0 Å². The SMILES string of the molecule is CCO[Si](OCC)(OCC)C(C)OC(C)SSC(C)OC(C)[Si](OCC)(OCC)OCC. The second kappa shape index (κ2) is 18.1. The molecule has 0 N–H and O–H groups in total. The van der Waals surface area contributed by atoms with Crippen LogP contribution in [0.3, 0.4) is 0 Å². The molecule has 0 aromatic rings. The van der Waals surface area contributed by atoms with E-state index in [1.807, 2.05) is 69.2 Å². The molecule has 0 heterocycles. The summed E-state index contributed by atoms with van der Waals surface area (Å²) in [5.41, 5.74) is -0.793. The second-order valence-corrected chi connectivity index (χ2v) is 15.3. The first-order valence-electron chi connectivity index (χ1n) is 11.7. The molecule has 0 radical (unpaired) electrons. The van der Waals surface area contributed by atoms with Crippen LogP contribution in [-0.2, 0) is 36.0 Å². The maximum atomic E-state index is 6.22. The highest BCUT2D eigenvalue weighted by atomic mass is 33.1. The summed E-state index contributed by atoms with van der Waals surface area (Å²) < 4.78 is 48.1. The van der Waals surface area contributed by atoms with E-state index in [0.717, 1.165) is 0 Å². The maximum absolute atomic E-state index is 6.22. The molecule has 0 rings (SSSR count). The maximum Gasteiger partial charge on any atom is 0.531 e. The Labute approximate surface area is 206 Å². The first-order chi connectivity index (χ1) is 15.2. The molecule has 32 heavy (non-hydrogen) atoms. The minimum atomic E-state index is -2.92. The van der Waals surface area contributed by atoms with E-state index in [1.54, 1.807) is 21.6 Å². The van der Waals surface area contributed by atoms with E-state index in [2.05, 4.69) is 0 Å². The number of ether oxygens (including phenoxy) is 2. The standard InChI is InChI=1S/C20H46O8S2Si2/c1-11-21-31(22-12-2,23-13-3)19(9)27-17(7)29-30-18(8)28-20(10)32(24-14-4,25-15-5)26-16-6/h17-20H,11-16H2,1-10H3. The van der Waals surface area contributed by atoms with E-state index >= 15 is 0 Å². The van der Waals surface area contributed by atoms with Crippen molar-refractivity contribution in [2.45, 2.75) is 91.6 Å². The first-order valence-corrected chi connectivity index (χ1v) is 17.5. The third-order valence-electron chi connectivity index (χ3n) is 4.19. The van der Waals surface area contributed by atoms with Gasteiger partial charge in [0.1, 0.15) is 22.3 Å². The number of hydrogen-bond donors (Lipinski definition) is 0. The van der Waals surface area contributed by atoms with Gasteiger partial charge in [-0.15, -0.1) is 0 Å². The van der Waals surface area contributed by atoms with E-state index in [9.17, 15) is 0 Å². The lowest BCUT2D eigenvalue weighted by molar-refractivity contribution is -0.00827. The monoisotopic (exact) mass is 534 g/mol. The van der Waals surface area contributed by atoms with Gasteiger partial charge in [-0.05, 0) is 69.2 Å². The summed E-state index contributed by atoms with van der Waals surface area (Å²) in [5.74, 6) is 0. The fraction of sp³-hybridized carbons (Fsp3) is 1.00. The van der Waals surface area contributed by atoms with Crippen molar-refractivity contribution in [3.63, 3.8) is 0 Å². The van der Waals surface area contributed by atoms with Crippen molar-refractivity contribution in [2.24, 2.45) is 0 Å². The molecule has 0 aliphatic heterocycles. The lowest BCUT2D eigenvalue weighted by atomic mass is 10.8. The van der Waals surface area contributed by atoms with Crippen molar-refractivity contribution in [3.05, 3.63) is 0 Å². The lowest BCUT2D eigenvalue weighted by Gasteiger charge is -2.35. The molecule has 4 atom stereocenters. The van der Waals surface area contributed by atoms with Gasteiger partial charge in [0.05, 0.1) is 0 Å². The summed E-state index contributed by atoms with van der Waals surface area (Å²) >= 11 is 0. The van der Waals surface area contributed by atoms with Crippen molar-refractivity contribution in [2.75, 3.05) is 39.6 Å². The number of hydrogen-bond acceptors (Lipinski definition) is 10. The van der Waals surface area contributed by atoms with Gasteiger partial charge in [0, 0.05) is 39.6 Å². The largest absolute Gasteiger partial charge is 0.531 e. The molecule has 12 heteroatoms. The second-order valence-electron chi connectivity index (χ2n) is 6.69. The van der Waals surface area contributed by atoms with E-state index < -0.39 is 17.6 Å². The molecule has 0 saturated heterocycles. The third kappa shape index (κ3) is 11.0. The molecule has 0 aliphatic carbocycles. The van der Waals surface area contributed by atoms with Crippen molar-refractivity contribution in [1.82, 2.24) is 0 Å². The topological polar surface area (TPSA) is 73.8 Å². The highest BCUT2D eigenvalue weighted by molar-refractivity contribution is 8.77. The van der Waals surface area contributed by atoms with Crippen LogP contribution >= 0.6 is 21.6 Å². The first kappa shape index (κ1) is 32.8. The summed E-state index contributed by atoms with van der Waals surface area (Å²) in [7, 11) is -2.65. The minimum Gasteiger partial charge on any atom is -0.372 e. The lowest BCUT2D eigenvalue weighted by Crippen LogP contribution is -2.57. The Morgan fingerprint density at radius 2 is 0.688 bits per heavy atom. The van der Waals surface area contributed by atoms with E-state index in [1.165, 1.54) is 0 Å². The summed E-state index contributed by atoms with van der Waals surface area (Å²) in [6, 6.07) is 0. The zero-order chi connectivity index (χ0) is 24.6. The summed E-state index contributed by atoms with van der Waals surface area (Å²) in [6.07, 6.45) is 0. The van der Waals surface area contributed by atoms with Crippen LogP contribution < -0.4 is 0 Å².